The lowest BCUT2D eigenvalue weighted by Crippen LogP contribution is -2.37. The number of benzene rings is 1. The summed E-state index contributed by atoms with van der Waals surface area (Å²) in [6, 6.07) is 4.66. The third-order valence-corrected chi connectivity index (χ3v) is 5.82. The second-order valence-electron chi connectivity index (χ2n) is 5.16. The molecule has 1 saturated carbocycles. The van der Waals surface area contributed by atoms with Gasteiger partial charge in [-0.1, -0.05) is 13.3 Å². The van der Waals surface area contributed by atoms with Crippen LogP contribution in [-0.4, -0.2) is 32.9 Å². The van der Waals surface area contributed by atoms with Crippen LogP contribution in [0.4, 0.5) is 5.69 Å². The van der Waals surface area contributed by atoms with Crippen LogP contribution >= 0.6 is 0 Å². The highest BCUT2D eigenvalue weighted by atomic mass is 32.2. The van der Waals surface area contributed by atoms with Gasteiger partial charge in [0.15, 0.2) is 0 Å². The molecule has 1 aliphatic rings. The van der Waals surface area contributed by atoms with E-state index in [9.17, 15) is 8.42 Å². The van der Waals surface area contributed by atoms with Crippen molar-refractivity contribution in [2.24, 2.45) is 5.92 Å². The van der Waals surface area contributed by atoms with Crippen LogP contribution in [0, 0.1) is 5.92 Å². The first-order valence-electron chi connectivity index (χ1n) is 6.92. The van der Waals surface area contributed by atoms with Crippen LogP contribution in [0.25, 0.3) is 0 Å². The number of nitrogens with zero attached hydrogens (tertiary/aromatic N) is 1. The maximum Gasteiger partial charge on any atom is 0.246 e. The molecule has 2 rings (SSSR count). The van der Waals surface area contributed by atoms with Gasteiger partial charge in [-0.15, -0.1) is 0 Å². The third kappa shape index (κ3) is 2.91. The lowest BCUT2D eigenvalue weighted by atomic mass is 9.85. The largest absolute Gasteiger partial charge is 0.495 e. The summed E-state index contributed by atoms with van der Waals surface area (Å²) in [4.78, 5) is 0.190. The first-order valence-corrected chi connectivity index (χ1v) is 8.36. The van der Waals surface area contributed by atoms with Gasteiger partial charge in [-0.25, -0.2) is 8.42 Å². The van der Waals surface area contributed by atoms with Crippen molar-refractivity contribution in [2.45, 2.75) is 31.1 Å². The van der Waals surface area contributed by atoms with Gasteiger partial charge < -0.3 is 10.5 Å². The van der Waals surface area contributed by atoms with Crippen molar-refractivity contribution in [3.63, 3.8) is 0 Å². The van der Waals surface area contributed by atoms with Gasteiger partial charge in [0.25, 0.3) is 0 Å². The van der Waals surface area contributed by atoms with E-state index in [4.69, 9.17) is 10.5 Å². The normalized spacial score (nSPS) is 16.1. The number of ether oxygens (including phenoxy) is 1. The molecule has 1 aromatic carbocycles. The molecule has 0 unspecified atom stereocenters. The van der Waals surface area contributed by atoms with Gasteiger partial charge in [0.2, 0.25) is 10.0 Å². The van der Waals surface area contributed by atoms with E-state index in [2.05, 4.69) is 0 Å². The predicted molar refractivity (Wildman–Crippen MR) is 79.2 cm³/mol. The Bertz CT molecular complexity index is 568. The molecule has 1 aliphatic carbocycles. The summed E-state index contributed by atoms with van der Waals surface area (Å²) in [5.41, 5.74) is 6.17. The summed E-state index contributed by atoms with van der Waals surface area (Å²) in [6.07, 6.45) is 3.43. The highest BCUT2D eigenvalue weighted by Gasteiger charge is 2.30. The fourth-order valence-corrected chi connectivity index (χ4v) is 4.06. The zero-order chi connectivity index (χ0) is 14.8. The summed E-state index contributed by atoms with van der Waals surface area (Å²) >= 11 is 0. The summed E-state index contributed by atoms with van der Waals surface area (Å²) in [7, 11) is -2.07. The van der Waals surface area contributed by atoms with Gasteiger partial charge in [0, 0.05) is 24.8 Å². The van der Waals surface area contributed by atoms with Gasteiger partial charge in [0.05, 0.1) is 7.11 Å². The van der Waals surface area contributed by atoms with Crippen LogP contribution in [-0.2, 0) is 10.0 Å². The van der Waals surface area contributed by atoms with E-state index in [1.54, 1.807) is 12.1 Å². The summed E-state index contributed by atoms with van der Waals surface area (Å²) in [6.45, 7) is 2.92. The van der Waals surface area contributed by atoms with E-state index in [1.165, 1.54) is 23.9 Å². The molecule has 0 saturated heterocycles. The average molecular weight is 298 g/mol. The summed E-state index contributed by atoms with van der Waals surface area (Å²) < 4.78 is 32.2. The van der Waals surface area contributed by atoms with Crippen LogP contribution in [0.3, 0.4) is 0 Å². The number of rotatable bonds is 6. The highest BCUT2D eigenvalue weighted by molar-refractivity contribution is 7.89. The molecule has 0 bridgehead atoms. The highest BCUT2D eigenvalue weighted by Crippen LogP contribution is 2.32. The van der Waals surface area contributed by atoms with Crippen LogP contribution in [0.5, 0.6) is 5.75 Å². The standard InChI is InChI=1S/C14H22N2O3S/c1-3-16(10-11-5-4-6-11)20(17,18)14-8-7-12(15)9-13(14)19-2/h7-9,11H,3-6,10,15H2,1-2H3. The molecule has 6 heteroatoms. The third-order valence-electron chi connectivity index (χ3n) is 3.84. The monoisotopic (exact) mass is 298 g/mol. The molecule has 0 atom stereocenters. The summed E-state index contributed by atoms with van der Waals surface area (Å²) in [5.74, 6) is 0.793. The fourth-order valence-electron chi connectivity index (χ4n) is 2.40. The Labute approximate surface area is 120 Å². The van der Waals surface area contributed by atoms with Crippen molar-refractivity contribution in [3.05, 3.63) is 18.2 Å². The first kappa shape index (κ1) is 15.1. The maximum atomic E-state index is 12.7. The zero-order valence-electron chi connectivity index (χ0n) is 12.0. The van der Waals surface area contributed by atoms with E-state index >= 15 is 0 Å². The molecule has 0 amide bonds. The first-order chi connectivity index (χ1) is 9.48. The lowest BCUT2D eigenvalue weighted by Gasteiger charge is -2.31. The Morgan fingerprint density at radius 2 is 2.10 bits per heavy atom. The Morgan fingerprint density at radius 1 is 1.40 bits per heavy atom. The van der Waals surface area contributed by atoms with Crippen LogP contribution in [0.15, 0.2) is 23.1 Å². The molecule has 5 nitrogen and oxygen atoms in total. The number of sulfonamides is 1. The summed E-state index contributed by atoms with van der Waals surface area (Å²) in [5, 5.41) is 0. The molecule has 1 aromatic rings. The minimum Gasteiger partial charge on any atom is -0.495 e. The van der Waals surface area contributed by atoms with Crippen molar-refractivity contribution in [3.8, 4) is 5.75 Å². The number of hydrogen-bond acceptors (Lipinski definition) is 4. The topological polar surface area (TPSA) is 72.6 Å². The number of anilines is 1. The fraction of sp³-hybridized carbons (Fsp3) is 0.571. The second-order valence-corrected chi connectivity index (χ2v) is 7.07. The molecule has 0 aromatic heterocycles. The van der Waals surface area contributed by atoms with Gasteiger partial charge in [0.1, 0.15) is 10.6 Å². The average Bonchev–Trinajstić information content (AvgIpc) is 2.36. The van der Waals surface area contributed by atoms with Gasteiger partial charge in [-0.05, 0) is 30.9 Å². The minimum atomic E-state index is -3.53. The van der Waals surface area contributed by atoms with Gasteiger partial charge in [-0.3, -0.25) is 0 Å². The molecule has 2 N–H and O–H groups in total. The molecular formula is C14H22N2O3S. The van der Waals surface area contributed by atoms with Crippen LogP contribution < -0.4 is 10.5 Å². The Balaban J connectivity index is 2.31. The van der Waals surface area contributed by atoms with Crippen molar-refractivity contribution < 1.29 is 13.2 Å². The second kappa shape index (κ2) is 6.01. The molecule has 0 radical (unpaired) electrons. The molecule has 0 aliphatic heterocycles. The van der Waals surface area contributed by atoms with E-state index < -0.39 is 10.0 Å². The molecule has 20 heavy (non-hydrogen) atoms. The van der Waals surface area contributed by atoms with E-state index in [0.717, 1.165) is 12.8 Å². The van der Waals surface area contributed by atoms with Crippen LogP contribution in [0.1, 0.15) is 26.2 Å². The molecular weight excluding hydrogens is 276 g/mol. The minimum absolute atomic E-state index is 0.190. The molecule has 0 heterocycles. The number of nitrogen functional groups attached to an aromatic ring is 1. The zero-order valence-corrected chi connectivity index (χ0v) is 12.8. The van der Waals surface area contributed by atoms with Crippen LogP contribution in [0.2, 0.25) is 0 Å². The Morgan fingerprint density at radius 3 is 2.60 bits per heavy atom. The Hall–Kier alpha value is -1.27. The molecule has 0 spiro atoms. The van der Waals surface area contributed by atoms with Crippen molar-refractivity contribution >= 4 is 15.7 Å². The quantitative estimate of drug-likeness (QED) is 0.816. The van der Waals surface area contributed by atoms with Crippen molar-refractivity contribution in [1.82, 2.24) is 4.31 Å². The smallest absolute Gasteiger partial charge is 0.246 e. The predicted octanol–water partition coefficient (Wildman–Crippen LogP) is 2.09. The van der Waals surface area contributed by atoms with Gasteiger partial charge >= 0.3 is 0 Å². The molecule has 1 fully saturated rings. The molecule has 112 valence electrons. The van der Waals surface area contributed by atoms with E-state index in [-0.39, 0.29) is 4.90 Å². The number of nitrogens with two attached hydrogens (primary N) is 1. The van der Waals surface area contributed by atoms with E-state index in [1.807, 2.05) is 6.92 Å². The van der Waals surface area contributed by atoms with Gasteiger partial charge in [-0.2, -0.15) is 4.31 Å². The maximum absolute atomic E-state index is 12.7. The number of methoxy groups -OCH3 is 1. The SMILES string of the molecule is CCN(CC1CCC1)S(=O)(=O)c1ccc(N)cc1OC. The van der Waals surface area contributed by atoms with Crippen molar-refractivity contribution in [1.29, 1.82) is 0 Å². The van der Waals surface area contributed by atoms with Crippen molar-refractivity contribution in [2.75, 3.05) is 25.9 Å². The number of hydrogen-bond donors (Lipinski definition) is 1. The van der Waals surface area contributed by atoms with E-state index in [0.29, 0.717) is 30.4 Å². The Kier molecular flexibility index (Phi) is 4.55. The lowest BCUT2D eigenvalue weighted by molar-refractivity contribution is 0.249.